The first-order chi connectivity index (χ1) is 8.93. The van der Waals surface area contributed by atoms with Crippen LogP contribution in [0.4, 0.5) is 0 Å². The van der Waals surface area contributed by atoms with E-state index in [2.05, 4.69) is 4.74 Å². The molecule has 0 aromatic rings. The minimum Gasteiger partial charge on any atom is -0.481 e. The molecule has 6 heteroatoms. The number of hydrogen-bond acceptors (Lipinski definition) is 5. The van der Waals surface area contributed by atoms with Crippen molar-refractivity contribution in [2.75, 3.05) is 0 Å². The van der Waals surface area contributed by atoms with Crippen LogP contribution in [-0.2, 0) is 14.3 Å². The summed E-state index contributed by atoms with van der Waals surface area (Å²) in [6, 6.07) is 0. The van der Waals surface area contributed by atoms with Gasteiger partial charge in [-0.05, 0) is 19.8 Å². The third-order valence-electron chi connectivity index (χ3n) is 2.69. The Balaban J connectivity index is 3.34. The van der Waals surface area contributed by atoms with Crippen molar-refractivity contribution >= 4 is 11.9 Å². The summed E-state index contributed by atoms with van der Waals surface area (Å²) in [6.07, 6.45) is 2.92. The van der Waals surface area contributed by atoms with Crippen molar-refractivity contribution in [3.63, 3.8) is 0 Å². The number of carbonyl (C=O) groups is 2. The molecular weight excluding hydrogens is 252 g/mol. The quantitative estimate of drug-likeness (QED) is 0.299. The number of carbonyl (C=O) groups excluding carboxylic acids is 1. The van der Waals surface area contributed by atoms with E-state index in [1.807, 2.05) is 0 Å². The zero-order valence-corrected chi connectivity index (χ0v) is 11.4. The van der Waals surface area contributed by atoms with Crippen molar-refractivity contribution in [1.82, 2.24) is 0 Å². The standard InChI is InChI=1S/C13H24O6/c1-10(14)13(18)19-12(17)9-7-5-3-2-4-6-8-11(15)16/h10,13-14,18H,2-9H2,1H3,(H,15,16). The average molecular weight is 276 g/mol. The predicted octanol–water partition coefficient (Wildman–Crippen LogP) is 1.43. The summed E-state index contributed by atoms with van der Waals surface area (Å²) in [5.74, 6) is -1.28. The van der Waals surface area contributed by atoms with Crippen LogP contribution in [0.3, 0.4) is 0 Å². The molecule has 2 unspecified atom stereocenters. The summed E-state index contributed by atoms with van der Waals surface area (Å²) in [6.45, 7) is 1.34. The van der Waals surface area contributed by atoms with Gasteiger partial charge in [0.1, 0.15) is 6.10 Å². The van der Waals surface area contributed by atoms with E-state index < -0.39 is 24.3 Å². The number of aliphatic hydroxyl groups excluding tert-OH is 2. The molecule has 0 saturated heterocycles. The van der Waals surface area contributed by atoms with Crippen LogP contribution < -0.4 is 0 Å². The second-order valence-corrected chi connectivity index (χ2v) is 4.64. The molecule has 6 nitrogen and oxygen atoms in total. The monoisotopic (exact) mass is 276 g/mol. The van der Waals surface area contributed by atoms with Crippen LogP contribution in [0.25, 0.3) is 0 Å². The first-order valence-electron chi connectivity index (χ1n) is 6.71. The lowest BCUT2D eigenvalue weighted by molar-refractivity contribution is -0.184. The maximum atomic E-state index is 11.2. The van der Waals surface area contributed by atoms with E-state index in [0.29, 0.717) is 12.8 Å². The highest BCUT2D eigenvalue weighted by atomic mass is 16.6. The van der Waals surface area contributed by atoms with Gasteiger partial charge in [0.2, 0.25) is 6.29 Å². The van der Waals surface area contributed by atoms with Crippen molar-refractivity contribution in [3.05, 3.63) is 0 Å². The van der Waals surface area contributed by atoms with Gasteiger partial charge in [-0.15, -0.1) is 0 Å². The van der Waals surface area contributed by atoms with Crippen molar-refractivity contribution in [2.24, 2.45) is 0 Å². The number of ether oxygens (including phenoxy) is 1. The van der Waals surface area contributed by atoms with Crippen LogP contribution >= 0.6 is 0 Å². The highest BCUT2D eigenvalue weighted by Gasteiger charge is 2.15. The maximum absolute atomic E-state index is 11.2. The molecule has 0 aromatic carbocycles. The van der Waals surface area contributed by atoms with Gasteiger partial charge in [-0.3, -0.25) is 9.59 Å². The van der Waals surface area contributed by atoms with Gasteiger partial charge in [-0.25, -0.2) is 0 Å². The van der Waals surface area contributed by atoms with E-state index in [4.69, 9.17) is 15.3 Å². The molecule has 2 atom stereocenters. The summed E-state index contributed by atoms with van der Waals surface area (Å²) in [7, 11) is 0. The summed E-state index contributed by atoms with van der Waals surface area (Å²) < 4.78 is 4.58. The number of hydrogen-bond donors (Lipinski definition) is 3. The molecule has 112 valence electrons. The number of esters is 1. The first kappa shape index (κ1) is 17.9. The molecule has 0 saturated carbocycles. The molecule has 0 aliphatic carbocycles. The van der Waals surface area contributed by atoms with E-state index in [1.165, 1.54) is 6.92 Å². The number of aliphatic carboxylic acids is 1. The zero-order chi connectivity index (χ0) is 14.7. The van der Waals surface area contributed by atoms with E-state index in [-0.39, 0.29) is 12.8 Å². The van der Waals surface area contributed by atoms with Gasteiger partial charge in [-0.2, -0.15) is 0 Å². The fraction of sp³-hybridized carbons (Fsp3) is 0.846. The van der Waals surface area contributed by atoms with Crippen LogP contribution in [0.1, 0.15) is 58.3 Å². The second-order valence-electron chi connectivity index (χ2n) is 4.64. The summed E-state index contributed by atoms with van der Waals surface area (Å²) in [5, 5.41) is 26.5. The number of rotatable bonds is 11. The molecule has 0 aliphatic heterocycles. The minimum atomic E-state index is -1.46. The molecular formula is C13H24O6. The molecule has 0 aliphatic rings. The first-order valence-corrected chi connectivity index (χ1v) is 6.71. The molecule has 3 N–H and O–H groups in total. The summed E-state index contributed by atoms with van der Waals surface area (Å²) in [5.41, 5.74) is 0. The van der Waals surface area contributed by atoms with Crippen LogP contribution in [-0.4, -0.2) is 39.7 Å². The third kappa shape index (κ3) is 11.7. The molecule has 19 heavy (non-hydrogen) atoms. The number of aliphatic hydroxyl groups is 2. The lowest BCUT2D eigenvalue weighted by atomic mass is 10.1. The molecule has 0 fully saturated rings. The van der Waals surface area contributed by atoms with Crippen molar-refractivity contribution in [2.45, 2.75) is 70.7 Å². The predicted molar refractivity (Wildman–Crippen MR) is 68.4 cm³/mol. The summed E-state index contributed by atoms with van der Waals surface area (Å²) >= 11 is 0. The highest BCUT2D eigenvalue weighted by molar-refractivity contribution is 5.69. The Kier molecular flexibility index (Phi) is 10.1. The minimum absolute atomic E-state index is 0.212. The smallest absolute Gasteiger partial charge is 0.308 e. The van der Waals surface area contributed by atoms with Gasteiger partial charge < -0.3 is 20.1 Å². The van der Waals surface area contributed by atoms with Gasteiger partial charge >= 0.3 is 11.9 Å². The number of carboxylic acid groups (broad SMARTS) is 1. The Labute approximate surface area is 113 Å². The maximum Gasteiger partial charge on any atom is 0.308 e. The zero-order valence-electron chi connectivity index (χ0n) is 11.4. The SMILES string of the molecule is CC(O)C(O)OC(=O)CCCCCCCCC(=O)O. The van der Waals surface area contributed by atoms with E-state index in [1.54, 1.807) is 0 Å². The molecule has 0 spiro atoms. The highest BCUT2D eigenvalue weighted by Crippen LogP contribution is 2.09. The van der Waals surface area contributed by atoms with Crippen molar-refractivity contribution in [3.8, 4) is 0 Å². The number of unbranched alkanes of at least 4 members (excludes halogenated alkanes) is 5. The van der Waals surface area contributed by atoms with E-state index in [9.17, 15) is 9.59 Å². The van der Waals surface area contributed by atoms with Crippen molar-refractivity contribution in [1.29, 1.82) is 0 Å². The van der Waals surface area contributed by atoms with Gasteiger partial charge in [0.15, 0.2) is 0 Å². The van der Waals surface area contributed by atoms with Gasteiger partial charge in [0, 0.05) is 12.8 Å². The molecule has 0 radical (unpaired) electrons. The van der Waals surface area contributed by atoms with Gasteiger partial charge in [-0.1, -0.05) is 25.7 Å². The Morgan fingerprint density at radius 3 is 1.89 bits per heavy atom. The largest absolute Gasteiger partial charge is 0.481 e. The fourth-order valence-corrected chi connectivity index (χ4v) is 1.54. The molecule has 0 aromatic heterocycles. The lowest BCUT2D eigenvalue weighted by Crippen LogP contribution is -2.28. The van der Waals surface area contributed by atoms with Crippen LogP contribution in [0.15, 0.2) is 0 Å². The van der Waals surface area contributed by atoms with E-state index in [0.717, 1.165) is 25.7 Å². The van der Waals surface area contributed by atoms with Crippen molar-refractivity contribution < 1.29 is 29.6 Å². The molecule has 0 heterocycles. The Hall–Kier alpha value is -1.14. The van der Waals surface area contributed by atoms with Gasteiger partial charge in [0.25, 0.3) is 0 Å². The molecule has 0 rings (SSSR count). The van der Waals surface area contributed by atoms with Crippen LogP contribution in [0.5, 0.6) is 0 Å². The van der Waals surface area contributed by atoms with Gasteiger partial charge in [0.05, 0.1) is 0 Å². The topological polar surface area (TPSA) is 104 Å². The Morgan fingerprint density at radius 1 is 0.947 bits per heavy atom. The second kappa shape index (κ2) is 10.8. The van der Waals surface area contributed by atoms with E-state index >= 15 is 0 Å². The molecule has 0 bridgehead atoms. The van der Waals surface area contributed by atoms with Crippen LogP contribution in [0, 0.1) is 0 Å². The Morgan fingerprint density at radius 2 is 1.42 bits per heavy atom. The average Bonchev–Trinajstić information content (AvgIpc) is 2.31. The fourth-order valence-electron chi connectivity index (χ4n) is 1.54. The Bertz CT molecular complexity index is 264. The normalized spacial score (nSPS) is 13.8. The third-order valence-corrected chi connectivity index (χ3v) is 2.69. The molecule has 0 amide bonds. The lowest BCUT2D eigenvalue weighted by Gasteiger charge is -2.14. The van der Waals surface area contributed by atoms with Crippen LogP contribution in [0.2, 0.25) is 0 Å². The number of carboxylic acids is 1. The summed E-state index contributed by atoms with van der Waals surface area (Å²) in [4.78, 5) is 21.5.